The molecular formula is C28H28ClN3O5. The van der Waals surface area contributed by atoms with Crippen LogP contribution < -0.4 is 19.5 Å². The van der Waals surface area contributed by atoms with Gasteiger partial charge in [-0.3, -0.25) is 10.1 Å². The summed E-state index contributed by atoms with van der Waals surface area (Å²) in [4.78, 5) is 24.9. The van der Waals surface area contributed by atoms with Gasteiger partial charge < -0.3 is 14.2 Å². The van der Waals surface area contributed by atoms with Crippen molar-refractivity contribution in [2.45, 2.75) is 31.8 Å². The van der Waals surface area contributed by atoms with Crippen molar-refractivity contribution in [1.29, 1.82) is 0 Å². The average molecular weight is 522 g/mol. The van der Waals surface area contributed by atoms with Gasteiger partial charge in [0.25, 0.3) is 5.91 Å². The molecule has 0 saturated heterocycles. The highest BCUT2D eigenvalue weighted by molar-refractivity contribution is 6.30. The second-order valence-electron chi connectivity index (χ2n) is 8.55. The summed E-state index contributed by atoms with van der Waals surface area (Å²) in [5.74, 6) is 1.40. The van der Waals surface area contributed by atoms with Gasteiger partial charge in [0.05, 0.1) is 19.4 Å². The number of hydrazone groups is 1. The number of anilines is 1. The van der Waals surface area contributed by atoms with Crippen LogP contribution in [-0.2, 0) is 0 Å². The van der Waals surface area contributed by atoms with Crippen LogP contribution in [0.15, 0.2) is 71.8 Å². The van der Waals surface area contributed by atoms with Crippen molar-refractivity contribution in [3.63, 3.8) is 0 Å². The lowest BCUT2D eigenvalue weighted by molar-refractivity contribution is 0.0800. The van der Waals surface area contributed by atoms with Crippen molar-refractivity contribution >= 4 is 35.5 Å². The Kier molecular flexibility index (Phi) is 8.64. The summed E-state index contributed by atoms with van der Waals surface area (Å²) < 4.78 is 16.8. The number of nitrogens with one attached hydrogen (secondary N) is 1. The Morgan fingerprint density at radius 1 is 1.00 bits per heavy atom. The number of halogens is 1. The second-order valence-corrected chi connectivity index (χ2v) is 8.99. The molecule has 9 heteroatoms. The molecular weight excluding hydrogens is 494 g/mol. The molecule has 1 aliphatic carbocycles. The van der Waals surface area contributed by atoms with Crippen LogP contribution in [-0.4, -0.2) is 43.5 Å². The van der Waals surface area contributed by atoms with E-state index in [1.54, 1.807) is 68.9 Å². The van der Waals surface area contributed by atoms with E-state index in [0.717, 1.165) is 18.4 Å². The largest absolute Gasteiger partial charge is 0.493 e. The third kappa shape index (κ3) is 7.24. The maximum Gasteiger partial charge on any atom is 0.417 e. The number of hydrogen-bond donors (Lipinski definition) is 1. The van der Waals surface area contributed by atoms with Gasteiger partial charge >= 0.3 is 6.09 Å². The molecule has 0 unspecified atom stereocenters. The molecule has 1 fully saturated rings. The maximum atomic E-state index is 12.8. The minimum Gasteiger partial charge on any atom is -0.493 e. The molecule has 0 aromatic heterocycles. The first kappa shape index (κ1) is 26.0. The smallest absolute Gasteiger partial charge is 0.417 e. The van der Waals surface area contributed by atoms with Crippen LogP contribution in [0.2, 0.25) is 5.02 Å². The monoisotopic (exact) mass is 521 g/mol. The Labute approximate surface area is 220 Å². The van der Waals surface area contributed by atoms with Crippen molar-refractivity contribution in [3.05, 3.63) is 82.9 Å². The highest BCUT2D eigenvalue weighted by Gasteiger charge is 2.18. The molecule has 8 nitrogen and oxygen atoms in total. The molecule has 3 aromatic carbocycles. The van der Waals surface area contributed by atoms with E-state index in [4.69, 9.17) is 25.8 Å². The number of carbonyl (C=O) groups excluding carboxylic acids is 2. The first-order valence-corrected chi connectivity index (χ1v) is 12.3. The molecule has 1 N–H and O–H groups in total. The predicted molar refractivity (Wildman–Crippen MR) is 143 cm³/mol. The lowest BCUT2D eigenvalue weighted by Gasteiger charge is -2.16. The molecule has 0 spiro atoms. The summed E-state index contributed by atoms with van der Waals surface area (Å²) in [6.07, 6.45) is 5.56. The van der Waals surface area contributed by atoms with Gasteiger partial charge in [-0.05, 0) is 98.0 Å². The Morgan fingerprint density at radius 2 is 1.70 bits per heavy atom. The van der Waals surface area contributed by atoms with E-state index < -0.39 is 6.09 Å². The number of methoxy groups -OCH3 is 1. The predicted octanol–water partition coefficient (Wildman–Crippen LogP) is 6.39. The van der Waals surface area contributed by atoms with Gasteiger partial charge in [0.15, 0.2) is 11.5 Å². The molecule has 4 rings (SSSR count). The van der Waals surface area contributed by atoms with E-state index in [1.807, 2.05) is 18.2 Å². The Balaban J connectivity index is 1.34. The Hall–Kier alpha value is -4.04. The number of nitrogens with zero attached hydrogens (tertiary/aromatic N) is 2. The quantitative estimate of drug-likeness (QED) is 0.274. The fraction of sp³-hybridized carbons (Fsp3) is 0.250. The highest BCUT2D eigenvalue weighted by Crippen LogP contribution is 2.32. The summed E-state index contributed by atoms with van der Waals surface area (Å²) in [5, 5.41) is 8.70. The third-order valence-electron chi connectivity index (χ3n) is 5.86. The topological polar surface area (TPSA) is 89.5 Å². The van der Waals surface area contributed by atoms with E-state index in [-0.39, 0.29) is 12.0 Å². The van der Waals surface area contributed by atoms with Crippen molar-refractivity contribution in [3.8, 4) is 17.2 Å². The van der Waals surface area contributed by atoms with E-state index in [0.29, 0.717) is 33.5 Å². The fourth-order valence-electron chi connectivity index (χ4n) is 3.89. The zero-order chi connectivity index (χ0) is 26.2. The van der Waals surface area contributed by atoms with Crippen molar-refractivity contribution in [1.82, 2.24) is 5.01 Å². The van der Waals surface area contributed by atoms with E-state index in [2.05, 4.69) is 10.4 Å². The van der Waals surface area contributed by atoms with Crippen molar-refractivity contribution in [2.24, 2.45) is 5.10 Å². The van der Waals surface area contributed by atoms with E-state index >= 15 is 0 Å². The number of hydrogen-bond acceptors (Lipinski definition) is 6. The normalized spacial score (nSPS) is 13.4. The van der Waals surface area contributed by atoms with Gasteiger partial charge in [-0.15, -0.1) is 0 Å². The lowest BCUT2D eigenvalue weighted by Crippen LogP contribution is -2.21. The minimum atomic E-state index is -0.654. The van der Waals surface area contributed by atoms with Crippen LogP contribution in [0.5, 0.6) is 17.2 Å². The number of ether oxygens (including phenoxy) is 3. The molecule has 37 heavy (non-hydrogen) atoms. The standard InChI is InChI=1S/C28H28ClN3O5/c1-32(30-18-19-7-16-25(35-2)26(17-19)36-23-5-3-4-6-23)27(33)20-8-12-22(13-9-20)31-28(34)37-24-14-10-21(29)11-15-24/h7-18,23H,3-6H2,1-2H3,(H,31,34). The zero-order valence-corrected chi connectivity index (χ0v) is 21.4. The summed E-state index contributed by atoms with van der Waals surface area (Å²) in [5.41, 5.74) is 1.68. The van der Waals surface area contributed by atoms with E-state index in [9.17, 15) is 9.59 Å². The minimum absolute atomic E-state index is 0.196. The summed E-state index contributed by atoms with van der Waals surface area (Å²) >= 11 is 5.83. The van der Waals surface area contributed by atoms with Crippen molar-refractivity contribution < 1.29 is 23.8 Å². The number of benzene rings is 3. The molecule has 0 radical (unpaired) electrons. The molecule has 1 saturated carbocycles. The van der Waals surface area contributed by atoms with Crippen molar-refractivity contribution in [2.75, 3.05) is 19.5 Å². The molecule has 0 bridgehead atoms. The van der Waals surface area contributed by atoms with Crippen LogP contribution >= 0.6 is 11.6 Å². The molecule has 2 amide bonds. The van der Waals surface area contributed by atoms with Gasteiger partial charge in [0, 0.05) is 23.3 Å². The molecule has 0 heterocycles. The molecule has 0 aliphatic heterocycles. The van der Waals surface area contributed by atoms with Crippen LogP contribution in [0.1, 0.15) is 41.6 Å². The van der Waals surface area contributed by atoms with Crippen LogP contribution in [0.3, 0.4) is 0 Å². The fourth-order valence-corrected chi connectivity index (χ4v) is 4.02. The first-order chi connectivity index (χ1) is 17.9. The molecule has 3 aromatic rings. The highest BCUT2D eigenvalue weighted by atomic mass is 35.5. The van der Waals surface area contributed by atoms with Gasteiger partial charge in [0.1, 0.15) is 5.75 Å². The van der Waals surface area contributed by atoms with Crippen LogP contribution in [0, 0.1) is 0 Å². The SMILES string of the molecule is COc1ccc(C=NN(C)C(=O)c2ccc(NC(=O)Oc3ccc(Cl)cc3)cc2)cc1OC1CCCC1. The van der Waals surface area contributed by atoms with Crippen LogP contribution in [0.25, 0.3) is 0 Å². The average Bonchev–Trinajstić information content (AvgIpc) is 3.42. The van der Waals surface area contributed by atoms with Crippen LogP contribution in [0.4, 0.5) is 10.5 Å². The van der Waals surface area contributed by atoms with E-state index in [1.165, 1.54) is 17.9 Å². The Morgan fingerprint density at radius 3 is 2.38 bits per heavy atom. The van der Waals surface area contributed by atoms with Gasteiger partial charge in [0.2, 0.25) is 0 Å². The third-order valence-corrected chi connectivity index (χ3v) is 6.11. The van der Waals surface area contributed by atoms with Gasteiger partial charge in [-0.25, -0.2) is 9.80 Å². The molecule has 1 aliphatic rings. The number of rotatable bonds is 8. The summed E-state index contributed by atoms with van der Waals surface area (Å²) in [6.45, 7) is 0. The second kappa shape index (κ2) is 12.3. The summed E-state index contributed by atoms with van der Waals surface area (Å²) in [6, 6.07) is 18.4. The maximum absolute atomic E-state index is 12.8. The zero-order valence-electron chi connectivity index (χ0n) is 20.6. The lowest BCUT2D eigenvalue weighted by atomic mass is 10.2. The number of amides is 2. The van der Waals surface area contributed by atoms with Gasteiger partial charge in [-0.1, -0.05) is 11.6 Å². The first-order valence-electron chi connectivity index (χ1n) is 11.9. The number of carbonyl (C=O) groups is 2. The molecule has 192 valence electrons. The Bertz CT molecular complexity index is 1260. The van der Waals surface area contributed by atoms with Gasteiger partial charge in [-0.2, -0.15) is 5.10 Å². The molecule has 0 atom stereocenters. The summed E-state index contributed by atoms with van der Waals surface area (Å²) in [7, 11) is 3.19.